The van der Waals surface area contributed by atoms with Crippen molar-refractivity contribution < 1.29 is 14.3 Å². The number of rotatable bonds is 8. The van der Waals surface area contributed by atoms with Crippen molar-refractivity contribution >= 4 is 17.0 Å². The van der Waals surface area contributed by atoms with Crippen molar-refractivity contribution in [2.45, 2.75) is 20.4 Å². The molecule has 0 amide bonds. The fraction of sp³-hybridized carbons (Fsp3) is 0.562. The minimum Gasteiger partial charge on any atom is -0.465 e. The average molecular weight is 320 g/mol. The molecule has 0 aliphatic heterocycles. The molecule has 0 N–H and O–H groups in total. The Morgan fingerprint density at radius 1 is 1.43 bits per heavy atom. The minimum absolute atomic E-state index is 0.227. The van der Waals surface area contributed by atoms with E-state index in [1.807, 2.05) is 25.1 Å². The number of fused-ring (bicyclic) bond motifs is 1. The van der Waals surface area contributed by atoms with Gasteiger partial charge in [-0.15, -0.1) is 0 Å². The molecule has 2 aromatic rings. The number of carbonyl (C=O) groups excluding carboxylic acids is 1. The zero-order chi connectivity index (χ0) is 16.8. The predicted octanol–water partition coefficient (Wildman–Crippen LogP) is 1.29. The molecule has 0 spiro atoms. The molecule has 7 nitrogen and oxygen atoms in total. The van der Waals surface area contributed by atoms with Gasteiger partial charge in [-0.2, -0.15) is 5.10 Å². The van der Waals surface area contributed by atoms with E-state index in [0.29, 0.717) is 26.3 Å². The number of aryl methyl sites for hydroxylation is 2. The molecule has 0 saturated carbocycles. The van der Waals surface area contributed by atoms with E-state index in [4.69, 9.17) is 9.47 Å². The highest BCUT2D eigenvalue weighted by Crippen LogP contribution is 2.17. The summed E-state index contributed by atoms with van der Waals surface area (Å²) in [5.41, 5.74) is 2.85. The van der Waals surface area contributed by atoms with E-state index in [2.05, 4.69) is 16.1 Å². The molecular weight excluding hydrogens is 296 g/mol. The standard InChI is InChI=1S/C16H24N4O3/c1-5-23-15(21)11-20(6-7-22-4)10-13-8-14-12(2)18-19(3)16(14)17-9-13/h8-9H,5-7,10-11H2,1-4H3. The van der Waals surface area contributed by atoms with E-state index in [1.54, 1.807) is 18.7 Å². The van der Waals surface area contributed by atoms with Gasteiger partial charge in [0.15, 0.2) is 5.65 Å². The second-order valence-electron chi connectivity index (χ2n) is 5.43. The van der Waals surface area contributed by atoms with Crippen LogP contribution in [0.4, 0.5) is 0 Å². The third-order valence-electron chi connectivity index (χ3n) is 3.60. The summed E-state index contributed by atoms with van der Waals surface area (Å²) in [6, 6.07) is 2.08. The third-order valence-corrected chi connectivity index (χ3v) is 3.60. The molecule has 0 fully saturated rings. The molecule has 2 aromatic heterocycles. The predicted molar refractivity (Wildman–Crippen MR) is 87.0 cm³/mol. The van der Waals surface area contributed by atoms with Crippen LogP contribution < -0.4 is 0 Å². The van der Waals surface area contributed by atoms with Crippen molar-refractivity contribution in [3.05, 3.63) is 23.5 Å². The van der Waals surface area contributed by atoms with Crippen LogP contribution in [0.2, 0.25) is 0 Å². The van der Waals surface area contributed by atoms with Gasteiger partial charge in [0.25, 0.3) is 0 Å². The lowest BCUT2D eigenvalue weighted by molar-refractivity contribution is -0.144. The smallest absolute Gasteiger partial charge is 0.320 e. The Morgan fingerprint density at radius 3 is 2.91 bits per heavy atom. The maximum atomic E-state index is 11.7. The highest BCUT2D eigenvalue weighted by molar-refractivity contribution is 5.78. The van der Waals surface area contributed by atoms with Gasteiger partial charge >= 0.3 is 5.97 Å². The molecular formula is C16H24N4O3. The van der Waals surface area contributed by atoms with Crippen LogP contribution in [-0.2, 0) is 27.9 Å². The number of pyridine rings is 1. The summed E-state index contributed by atoms with van der Waals surface area (Å²) in [5.74, 6) is -0.227. The molecule has 0 aromatic carbocycles. The lowest BCUT2D eigenvalue weighted by Gasteiger charge is -2.20. The lowest BCUT2D eigenvalue weighted by Crippen LogP contribution is -2.33. The van der Waals surface area contributed by atoms with Crippen molar-refractivity contribution in [2.24, 2.45) is 7.05 Å². The number of methoxy groups -OCH3 is 1. The summed E-state index contributed by atoms with van der Waals surface area (Å²) in [6.07, 6.45) is 1.83. The number of esters is 1. The molecule has 7 heteroatoms. The number of hydrogen-bond donors (Lipinski definition) is 0. The Labute approximate surface area is 136 Å². The largest absolute Gasteiger partial charge is 0.465 e. The van der Waals surface area contributed by atoms with Gasteiger partial charge in [-0.1, -0.05) is 0 Å². The highest BCUT2D eigenvalue weighted by atomic mass is 16.5. The summed E-state index contributed by atoms with van der Waals surface area (Å²) in [4.78, 5) is 18.2. The molecule has 0 saturated heterocycles. The number of carbonyl (C=O) groups is 1. The molecule has 0 radical (unpaired) electrons. The van der Waals surface area contributed by atoms with E-state index >= 15 is 0 Å². The van der Waals surface area contributed by atoms with E-state index in [1.165, 1.54) is 0 Å². The van der Waals surface area contributed by atoms with Gasteiger partial charge in [-0.3, -0.25) is 14.4 Å². The minimum atomic E-state index is -0.227. The Morgan fingerprint density at radius 2 is 2.22 bits per heavy atom. The van der Waals surface area contributed by atoms with Gasteiger partial charge in [0.1, 0.15) is 0 Å². The first kappa shape index (κ1) is 17.4. The van der Waals surface area contributed by atoms with Crippen molar-refractivity contribution in [3.63, 3.8) is 0 Å². The van der Waals surface area contributed by atoms with Gasteiger partial charge in [0, 0.05) is 38.8 Å². The van der Waals surface area contributed by atoms with Crippen molar-refractivity contribution in [2.75, 3.05) is 33.4 Å². The van der Waals surface area contributed by atoms with Crippen molar-refractivity contribution in [1.82, 2.24) is 19.7 Å². The SMILES string of the molecule is CCOC(=O)CN(CCOC)Cc1cnc2c(c1)c(C)nn2C. The van der Waals surface area contributed by atoms with Crippen LogP contribution in [0, 0.1) is 6.92 Å². The molecule has 0 atom stereocenters. The quantitative estimate of drug-likeness (QED) is 0.683. The Kier molecular flexibility index (Phi) is 6.06. The van der Waals surface area contributed by atoms with E-state index in [-0.39, 0.29) is 12.5 Å². The third kappa shape index (κ3) is 4.49. The van der Waals surface area contributed by atoms with Crippen molar-refractivity contribution in [1.29, 1.82) is 0 Å². The first-order valence-electron chi connectivity index (χ1n) is 7.70. The zero-order valence-electron chi connectivity index (χ0n) is 14.2. The highest BCUT2D eigenvalue weighted by Gasteiger charge is 2.14. The summed E-state index contributed by atoms with van der Waals surface area (Å²) >= 11 is 0. The Hall–Kier alpha value is -1.99. The fourth-order valence-electron chi connectivity index (χ4n) is 2.52. The number of nitrogens with zero attached hydrogens (tertiary/aromatic N) is 4. The molecule has 0 unspecified atom stereocenters. The first-order valence-corrected chi connectivity index (χ1v) is 7.70. The van der Waals surface area contributed by atoms with Gasteiger partial charge < -0.3 is 9.47 Å². The lowest BCUT2D eigenvalue weighted by atomic mass is 10.2. The summed E-state index contributed by atoms with van der Waals surface area (Å²) in [6.45, 7) is 6.22. The number of ether oxygens (including phenoxy) is 2. The van der Waals surface area contributed by atoms with Crippen LogP contribution in [0.25, 0.3) is 11.0 Å². The maximum absolute atomic E-state index is 11.7. The molecule has 0 bridgehead atoms. The van der Waals surface area contributed by atoms with E-state index in [9.17, 15) is 4.79 Å². The topological polar surface area (TPSA) is 69.5 Å². The van der Waals surface area contributed by atoms with Gasteiger partial charge in [0.2, 0.25) is 0 Å². The Balaban J connectivity index is 2.14. The average Bonchev–Trinajstić information content (AvgIpc) is 2.79. The maximum Gasteiger partial charge on any atom is 0.320 e. The van der Waals surface area contributed by atoms with Crippen LogP contribution in [-0.4, -0.2) is 59.0 Å². The summed E-state index contributed by atoms with van der Waals surface area (Å²) in [7, 11) is 3.53. The van der Waals surface area contributed by atoms with E-state index in [0.717, 1.165) is 22.3 Å². The zero-order valence-corrected chi connectivity index (χ0v) is 14.2. The monoisotopic (exact) mass is 320 g/mol. The van der Waals surface area contributed by atoms with Gasteiger partial charge in [-0.05, 0) is 25.5 Å². The first-order chi connectivity index (χ1) is 11.0. The molecule has 0 aliphatic rings. The normalized spacial score (nSPS) is 11.3. The Bertz CT molecular complexity index is 669. The van der Waals surface area contributed by atoms with Gasteiger partial charge in [0.05, 0.1) is 25.5 Å². The van der Waals surface area contributed by atoms with Crippen LogP contribution in [0.5, 0.6) is 0 Å². The number of hydrogen-bond acceptors (Lipinski definition) is 6. The van der Waals surface area contributed by atoms with Crippen LogP contribution in [0.1, 0.15) is 18.2 Å². The second-order valence-corrected chi connectivity index (χ2v) is 5.43. The molecule has 2 rings (SSSR count). The van der Waals surface area contributed by atoms with Gasteiger partial charge in [-0.25, -0.2) is 4.98 Å². The van der Waals surface area contributed by atoms with Crippen LogP contribution in [0.15, 0.2) is 12.3 Å². The van der Waals surface area contributed by atoms with E-state index < -0.39 is 0 Å². The fourth-order valence-corrected chi connectivity index (χ4v) is 2.52. The molecule has 2 heterocycles. The number of aromatic nitrogens is 3. The second kappa shape index (κ2) is 8.03. The molecule has 126 valence electrons. The summed E-state index contributed by atoms with van der Waals surface area (Å²) in [5, 5.41) is 5.41. The van der Waals surface area contributed by atoms with Crippen LogP contribution in [0.3, 0.4) is 0 Å². The van der Waals surface area contributed by atoms with Crippen molar-refractivity contribution in [3.8, 4) is 0 Å². The molecule has 23 heavy (non-hydrogen) atoms. The molecule has 0 aliphatic carbocycles. The summed E-state index contributed by atoms with van der Waals surface area (Å²) < 4.78 is 11.9. The van der Waals surface area contributed by atoms with Crippen LogP contribution >= 0.6 is 0 Å².